The van der Waals surface area contributed by atoms with Gasteiger partial charge in [0.2, 0.25) is 0 Å². The maximum Gasteiger partial charge on any atom is 0.407 e. The molecule has 2 N–H and O–H groups in total. The van der Waals surface area contributed by atoms with Crippen molar-refractivity contribution in [1.82, 2.24) is 5.32 Å². The number of rotatable bonds is 4. The van der Waals surface area contributed by atoms with E-state index in [0.717, 1.165) is 25.7 Å². The van der Waals surface area contributed by atoms with Crippen LogP contribution in [0.25, 0.3) is 0 Å². The number of amides is 2. The minimum absolute atomic E-state index is 0.362. The molecule has 7 heteroatoms. The molecule has 1 aromatic carbocycles. The number of esters is 1. The quantitative estimate of drug-likeness (QED) is 0.605. The number of anilines is 1. The molecule has 0 atom stereocenters. The largest absolute Gasteiger partial charge is 0.462 e. The number of benzene rings is 1. The summed E-state index contributed by atoms with van der Waals surface area (Å²) < 4.78 is 9.66. The van der Waals surface area contributed by atoms with Crippen molar-refractivity contribution < 1.29 is 23.9 Å². The van der Waals surface area contributed by atoms with Crippen molar-refractivity contribution in [3.8, 4) is 0 Å². The average Bonchev–Trinajstić information content (AvgIpc) is 2.65. The molecule has 1 saturated carbocycles. The second-order valence-corrected chi connectivity index (χ2v) is 8.17. The number of carbonyl (C=O) groups excluding carboxylic acids is 3. The number of alkyl carbamates (subject to hydrolysis) is 1. The lowest BCUT2D eigenvalue weighted by Crippen LogP contribution is -2.36. The minimum atomic E-state index is -0.914. The van der Waals surface area contributed by atoms with Crippen molar-refractivity contribution in [1.29, 1.82) is 0 Å². The molecular formula is C21H30N2O5. The Morgan fingerprint density at radius 1 is 1.04 bits per heavy atom. The smallest absolute Gasteiger partial charge is 0.407 e. The summed E-state index contributed by atoms with van der Waals surface area (Å²) in [6, 6.07) is 7.56. The molecule has 0 saturated heterocycles. The highest BCUT2D eigenvalue weighted by atomic mass is 16.6. The van der Waals surface area contributed by atoms with Gasteiger partial charge in [-0.05, 0) is 76.0 Å². The van der Waals surface area contributed by atoms with Gasteiger partial charge in [-0.15, -0.1) is 0 Å². The highest BCUT2D eigenvalue weighted by molar-refractivity contribution is 6.37. The highest BCUT2D eigenvalue weighted by Gasteiger charge is 2.24. The lowest BCUT2D eigenvalue weighted by molar-refractivity contribution is -0.150. The topological polar surface area (TPSA) is 93.7 Å². The third-order valence-electron chi connectivity index (χ3n) is 4.79. The first-order valence-electron chi connectivity index (χ1n) is 9.64. The van der Waals surface area contributed by atoms with Crippen LogP contribution >= 0.6 is 0 Å². The van der Waals surface area contributed by atoms with Gasteiger partial charge in [-0.3, -0.25) is 4.79 Å². The maximum absolute atomic E-state index is 11.8. The Labute approximate surface area is 166 Å². The third kappa shape index (κ3) is 6.87. The van der Waals surface area contributed by atoms with Crippen LogP contribution in [0.2, 0.25) is 0 Å². The van der Waals surface area contributed by atoms with Gasteiger partial charge in [-0.25, -0.2) is 9.59 Å². The molecular weight excluding hydrogens is 360 g/mol. The number of hydrogen-bond donors (Lipinski definition) is 2. The van der Waals surface area contributed by atoms with E-state index in [2.05, 4.69) is 15.4 Å². The number of ether oxygens (including phenoxy) is 2. The fourth-order valence-electron chi connectivity index (χ4n) is 3.36. The number of methoxy groups -OCH3 is 1. The van der Waals surface area contributed by atoms with Crippen molar-refractivity contribution in [2.45, 2.75) is 58.0 Å². The lowest BCUT2D eigenvalue weighted by atomic mass is 9.78. The first kappa shape index (κ1) is 21.7. The Kier molecular flexibility index (Phi) is 7.43. The van der Waals surface area contributed by atoms with Crippen LogP contribution in [0.15, 0.2) is 24.3 Å². The fourth-order valence-corrected chi connectivity index (χ4v) is 3.36. The second-order valence-electron chi connectivity index (χ2n) is 8.17. The minimum Gasteiger partial charge on any atom is -0.462 e. The molecule has 0 aliphatic heterocycles. The van der Waals surface area contributed by atoms with Crippen molar-refractivity contribution in [3.63, 3.8) is 0 Å². The standard InChI is InChI=1S/C21H30N2O5/c1-21(2,3)28-20(26)22-13-14-5-7-15(8-6-14)16-9-11-17(12-10-16)23-18(24)19(25)27-4/h9-12,14-15H,5-8,13H2,1-4H3,(H,22,26)(H,23,24). The van der Waals surface area contributed by atoms with E-state index >= 15 is 0 Å². The Morgan fingerprint density at radius 3 is 2.18 bits per heavy atom. The number of nitrogens with one attached hydrogen (secondary N) is 2. The fraction of sp³-hybridized carbons (Fsp3) is 0.571. The summed E-state index contributed by atoms with van der Waals surface area (Å²) >= 11 is 0. The second kappa shape index (κ2) is 9.57. The highest BCUT2D eigenvalue weighted by Crippen LogP contribution is 2.35. The Morgan fingerprint density at radius 2 is 1.64 bits per heavy atom. The van der Waals surface area contributed by atoms with E-state index in [-0.39, 0.29) is 6.09 Å². The summed E-state index contributed by atoms with van der Waals surface area (Å²) in [5, 5.41) is 5.37. The Hall–Kier alpha value is -2.57. The molecule has 0 radical (unpaired) electrons. The number of carbonyl (C=O) groups is 3. The summed E-state index contributed by atoms with van der Waals surface area (Å²) in [5.74, 6) is -0.777. The first-order valence-corrected chi connectivity index (χ1v) is 9.64. The van der Waals surface area contributed by atoms with Gasteiger partial charge in [-0.2, -0.15) is 0 Å². The predicted octanol–water partition coefficient (Wildman–Crippen LogP) is 3.60. The Balaban J connectivity index is 1.77. The van der Waals surface area contributed by atoms with Crippen molar-refractivity contribution in [2.24, 2.45) is 5.92 Å². The van der Waals surface area contributed by atoms with Gasteiger partial charge in [0.05, 0.1) is 7.11 Å². The van der Waals surface area contributed by atoms with Gasteiger partial charge >= 0.3 is 18.0 Å². The van der Waals surface area contributed by atoms with Crippen molar-refractivity contribution >= 4 is 23.7 Å². The van der Waals surface area contributed by atoms with Gasteiger partial charge in [0.1, 0.15) is 5.60 Å². The zero-order chi connectivity index (χ0) is 20.7. The molecule has 1 fully saturated rings. The van der Waals surface area contributed by atoms with E-state index in [0.29, 0.717) is 24.1 Å². The molecule has 0 heterocycles. The average molecular weight is 390 g/mol. The van der Waals surface area contributed by atoms with Crippen LogP contribution in [-0.2, 0) is 19.1 Å². The SMILES string of the molecule is COC(=O)C(=O)Nc1ccc(C2CCC(CNC(=O)OC(C)(C)C)CC2)cc1. The molecule has 154 valence electrons. The molecule has 2 rings (SSSR count). The van der Waals surface area contributed by atoms with E-state index < -0.39 is 17.5 Å². The van der Waals surface area contributed by atoms with Crippen LogP contribution < -0.4 is 10.6 Å². The molecule has 0 bridgehead atoms. The normalized spacial score (nSPS) is 19.4. The van der Waals surface area contributed by atoms with Gasteiger partial charge in [0.15, 0.2) is 0 Å². The van der Waals surface area contributed by atoms with E-state index in [1.54, 1.807) is 12.1 Å². The predicted molar refractivity (Wildman–Crippen MR) is 106 cm³/mol. The summed E-state index contributed by atoms with van der Waals surface area (Å²) in [7, 11) is 1.17. The third-order valence-corrected chi connectivity index (χ3v) is 4.79. The Bertz CT molecular complexity index is 686. The van der Waals surface area contributed by atoms with E-state index in [1.807, 2.05) is 32.9 Å². The molecule has 28 heavy (non-hydrogen) atoms. The van der Waals surface area contributed by atoms with Crippen molar-refractivity contribution in [2.75, 3.05) is 19.0 Å². The molecule has 0 unspecified atom stereocenters. The maximum atomic E-state index is 11.8. The molecule has 0 spiro atoms. The molecule has 1 aliphatic rings. The summed E-state index contributed by atoms with van der Waals surface area (Å²) in [6.45, 7) is 6.19. The van der Waals surface area contributed by atoms with Crippen LogP contribution in [0, 0.1) is 5.92 Å². The summed E-state index contributed by atoms with van der Waals surface area (Å²) in [4.78, 5) is 34.4. The molecule has 7 nitrogen and oxygen atoms in total. The van der Waals surface area contributed by atoms with Gasteiger partial charge in [-0.1, -0.05) is 12.1 Å². The van der Waals surface area contributed by atoms with Crippen LogP contribution in [-0.4, -0.2) is 37.2 Å². The van der Waals surface area contributed by atoms with E-state index in [1.165, 1.54) is 12.7 Å². The summed E-state index contributed by atoms with van der Waals surface area (Å²) in [6.07, 6.45) is 3.82. The van der Waals surface area contributed by atoms with Crippen LogP contribution in [0.3, 0.4) is 0 Å². The zero-order valence-corrected chi connectivity index (χ0v) is 17.0. The zero-order valence-electron chi connectivity index (χ0n) is 17.0. The lowest BCUT2D eigenvalue weighted by Gasteiger charge is -2.29. The summed E-state index contributed by atoms with van der Waals surface area (Å²) in [5.41, 5.74) is 1.30. The monoisotopic (exact) mass is 390 g/mol. The molecule has 2 amide bonds. The van der Waals surface area contributed by atoms with Gasteiger partial charge in [0.25, 0.3) is 0 Å². The first-order chi connectivity index (χ1) is 13.2. The van der Waals surface area contributed by atoms with Gasteiger partial charge < -0.3 is 20.1 Å². The molecule has 0 aromatic heterocycles. The van der Waals surface area contributed by atoms with Crippen LogP contribution in [0.5, 0.6) is 0 Å². The van der Waals surface area contributed by atoms with Gasteiger partial charge in [0, 0.05) is 12.2 Å². The van der Waals surface area contributed by atoms with E-state index in [4.69, 9.17) is 4.74 Å². The molecule has 1 aliphatic carbocycles. The molecule has 1 aromatic rings. The van der Waals surface area contributed by atoms with Crippen LogP contribution in [0.4, 0.5) is 10.5 Å². The van der Waals surface area contributed by atoms with Crippen LogP contribution in [0.1, 0.15) is 57.9 Å². The van der Waals surface area contributed by atoms with E-state index in [9.17, 15) is 14.4 Å². The van der Waals surface area contributed by atoms with Crippen molar-refractivity contribution in [3.05, 3.63) is 29.8 Å². The number of hydrogen-bond acceptors (Lipinski definition) is 5.